The van der Waals surface area contributed by atoms with Crippen molar-refractivity contribution in [2.75, 3.05) is 7.11 Å². The van der Waals surface area contributed by atoms with E-state index in [0.717, 1.165) is 11.4 Å². The number of amides is 1. The number of methoxy groups -OCH3 is 1. The second-order valence-electron chi connectivity index (χ2n) is 10.8. The maximum atomic E-state index is 13.2. The number of imidazole rings is 2. The molecule has 6 rings (SSSR count). The number of esters is 1. The molecule has 0 spiro atoms. The number of hydrogen-bond donors (Lipinski definition) is 1. The zero-order valence-electron chi connectivity index (χ0n) is 28.1. The van der Waals surface area contributed by atoms with Gasteiger partial charge in [0.1, 0.15) is 11.4 Å². The van der Waals surface area contributed by atoms with E-state index in [-0.39, 0.29) is 11.6 Å². The first-order valence-corrected chi connectivity index (χ1v) is 15.1. The molecule has 6 heterocycles. The van der Waals surface area contributed by atoms with Crippen LogP contribution < -0.4 is 5.73 Å². The number of ether oxygens (including phenoxy) is 1. The molecule has 0 saturated carbocycles. The standard InChI is InChI=1S/C19H15FN4O2.C18H14FN5O/c1-12-4-6-15(11-22-12)24-13(2)16(23-18(24)19(25)26-3)7-5-14-8-9-21-17(20)10-14;1-11-3-5-14(10-22-11)24-12(2)15(23-18(24)17(20)25)6-4-13-7-8-21-16(19)9-13/h4,6,8-11H,1-3H3;3,5,7-10H,1-2H3,(H2,20,25). The van der Waals surface area contributed by atoms with Gasteiger partial charge in [0.25, 0.3) is 5.91 Å². The van der Waals surface area contributed by atoms with Crippen molar-refractivity contribution in [2.24, 2.45) is 5.73 Å². The molecule has 0 saturated heterocycles. The molecule has 0 unspecified atom stereocenters. The normalized spacial score (nSPS) is 10.2. The lowest BCUT2D eigenvalue weighted by atomic mass is 10.2. The smallest absolute Gasteiger partial charge is 0.374 e. The van der Waals surface area contributed by atoms with Crippen LogP contribution >= 0.6 is 0 Å². The maximum Gasteiger partial charge on any atom is 0.374 e. The van der Waals surface area contributed by atoms with E-state index in [1.807, 2.05) is 38.1 Å². The van der Waals surface area contributed by atoms with Crippen LogP contribution in [0.2, 0.25) is 0 Å². The summed E-state index contributed by atoms with van der Waals surface area (Å²) < 4.78 is 34.4. The number of primary amides is 1. The van der Waals surface area contributed by atoms with Gasteiger partial charge in [0.05, 0.1) is 42.3 Å². The van der Waals surface area contributed by atoms with Crippen molar-refractivity contribution in [2.45, 2.75) is 27.7 Å². The highest BCUT2D eigenvalue weighted by molar-refractivity contribution is 5.90. The minimum atomic E-state index is -0.674. The van der Waals surface area contributed by atoms with Crippen LogP contribution in [0.15, 0.2) is 73.3 Å². The van der Waals surface area contributed by atoms with Gasteiger partial charge in [-0.05, 0) is 75.9 Å². The number of pyridine rings is 4. The molecule has 254 valence electrons. The van der Waals surface area contributed by atoms with Crippen LogP contribution in [0.3, 0.4) is 0 Å². The van der Waals surface area contributed by atoms with E-state index in [0.29, 0.717) is 45.3 Å². The Morgan fingerprint density at radius 3 is 1.51 bits per heavy atom. The Balaban J connectivity index is 0.000000198. The van der Waals surface area contributed by atoms with Crippen molar-refractivity contribution in [3.05, 3.63) is 142 Å². The molecule has 0 aliphatic heterocycles. The molecule has 2 N–H and O–H groups in total. The number of aromatic nitrogens is 8. The first-order chi connectivity index (χ1) is 24.4. The van der Waals surface area contributed by atoms with Crippen molar-refractivity contribution in [1.29, 1.82) is 0 Å². The van der Waals surface area contributed by atoms with Crippen molar-refractivity contribution in [3.8, 4) is 35.1 Å². The fraction of sp³-hybridized carbons (Fsp3) is 0.135. The summed E-state index contributed by atoms with van der Waals surface area (Å²) in [5, 5.41) is 0. The van der Waals surface area contributed by atoms with Crippen molar-refractivity contribution in [3.63, 3.8) is 0 Å². The predicted molar refractivity (Wildman–Crippen MR) is 182 cm³/mol. The second-order valence-corrected chi connectivity index (χ2v) is 10.8. The molecule has 14 heteroatoms. The van der Waals surface area contributed by atoms with E-state index >= 15 is 0 Å². The molecular formula is C37H29F2N9O3. The van der Waals surface area contributed by atoms with Crippen LogP contribution in [-0.2, 0) is 4.74 Å². The number of nitrogens with two attached hydrogens (primary N) is 1. The molecule has 6 aromatic heterocycles. The highest BCUT2D eigenvalue weighted by atomic mass is 19.1. The van der Waals surface area contributed by atoms with Gasteiger partial charge in [-0.3, -0.25) is 23.9 Å². The van der Waals surface area contributed by atoms with Crippen LogP contribution in [0.1, 0.15) is 66.5 Å². The summed E-state index contributed by atoms with van der Waals surface area (Å²) >= 11 is 0. The molecular weight excluding hydrogens is 656 g/mol. The van der Waals surface area contributed by atoms with Gasteiger partial charge in [-0.15, -0.1) is 0 Å². The minimum Gasteiger partial charge on any atom is -0.463 e. The summed E-state index contributed by atoms with van der Waals surface area (Å²) in [6.07, 6.45) is 5.94. The first-order valence-electron chi connectivity index (χ1n) is 15.1. The van der Waals surface area contributed by atoms with Gasteiger partial charge in [0.15, 0.2) is 0 Å². The first kappa shape index (κ1) is 35.3. The fourth-order valence-corrected chi connectivity index (χ4v) is 4.67. The Morgan fingerprint density at radius 2 is 1.12 bits per heavy atom. The van der Waals surface area contributed by atoms with Crippen LogP contribution in [-0.4, -0.2) is 58.0 Å². The van der Waals surface area contributed by atoms with Crippen LogP contribution in [0.4, 0.5) is 8.78 Å². The summed E-state index contributed by atoms with van der Waals surface area (Å²) in [6, 6.07) is 12.9. The van der Waals surface area contributed by atoms with Crippen LogP contribution in [0, 0.1) is 63.3 Å². The molecule has 0 aliphatic rings. The largest absolute Gasteiger partial charge is 0.463 e. The van der Waals surface area contributed by atoms with Gasteiger partial charge in [0, 0.05) is 47.0 Å². The Labute approximate surface area is 291 Å². The number of rotatable bonds is 4. The molecule has 6 aromatic rings. The SMILES string of the molecule is COC(=O)c1nc(C#Cc2ccnc(F)c2)c(C)n1-c1ccc(C)nc1.Cc1ccc(-n2c(C(N)=O)nc(C#Cc3ccnc(F)c3)c2C)cn1. The molecule has 0 aromatic carbocycles. The molecule has 51 heavy (non-hydrogen) atoms. The van der Waals surface area contributed by atoms with Crippen LogP contribution in [0.25, 0.3) is 11.4 Å². The Hall–Kier alpha value is -7.06. The fourth-order valence-electron chi connectivity index (χ4n) is 4.67. The number of nitrogens with zero attached hydrogens (tertiary/aromatic N) is 8. The lowest BCUT2D eigenvalue weighted by Crippen LogP contribution is -2.18. The molecule has 1 amide bonds. The average molecular weight is 686 g/mol. The summed E-state index contributed by atoms with van der Waals surface area (Å²) in [4.78, 5) is 47.8. The quantitative estimate of drug-likeness (QED) is 0.160. The van der Waals surface area contributed by atoms with E-state index < -0.39 is 23.8 Å². The lowest BCUT2D eigenvalue weighted by Gasteiger charge is -2.08. The number of halogens is 2. The monoisotopic (exact) mass is 685 g/mol. The average Bonchev–Trinajstić information content (AvgIpc) is 3.63. The van der Waals surface area contributed by atoms with Gasteiger partial charge in [-0.1, -0.05) is 11.8 Å². The Kier molecular flexibility index (Phi) is 10.7. The van der Waals surface area contributed by atoms with Crippen LogP contribution in [0.5, 0.6) is 0 Å². The van der Waals surface area contributed by atoms with Crippen molar-refractivity contribution < 1.29 is 23.1 Å². The van der Waals surface area contributed by atoms with Gasteiger partial charge >= 0.3 is 5.97 Å². The van der Waals surface area contributed by atoms with Gasteiger partial charge in [-0.2, -0.15) is 8.78 Å². The highest BCUT2D eigenvalue weighted by Gasteiger charge is 2.21. The molecule has 0 fully saturated rings. The second kappa shape index (κ2) is 15.4. The minimum absolute atomic E-state index is 0.0633. The summed E-state index contributed by atoms with van der Waals surface area (Å²) in [5.74, 6) is 9.03. The van der Waals surface area contributed by atoms with E-state index in [2.05, 4.69) is 53.6 Å². The zero-order chi connectivity index (χ0) is 36.7. The molecule has 0 aliphatic carbocycles. The lowest BCUT2D eigenvalue weighted by molar-refractivity contribution is 0.0584. The third-order valence-corrected chi connectivity index (χ3v) is 7.22. The third kappa shape index (κ3) is 8.33. The van der Waals surface area contributed by atoms with Crippen molar-refractivity contribution >= 4 is 11.9 Å². The number of aryl methyl sites for hydroxylation is 2. The van der Waals surface area contributed by atoms with Gasteiger partial charge < -0.3 is 10.5 Å². The number of hydrogen-bond acceptors (Lipinski definition) is 9. The predicted octanol–water partition coefficient (Wildman–Crippen LogP) is 4.52. The van der Waals surface area contributed by atoms with E-state index in [1.54, 1.807) is 47.5 Å². The topological polar surface area (TPSA) is 157 Å². The summed E-state index contributed by atoms with van der Waals surface area (Å²) in [7, 11) is 1.29. The van der Waals surface area contributed by atoms with Gasteiger partial charge in [-0.25, -0.2) is 24.7 Å². The molecule has 0 bridgehead atoms. The van der Waals surface area contributed by atoms with Gasteiger partial charge in [0.2, 0.25) is 23.5 Å². The number of carbonyl (C=O) groups is 2. The van der Waals surface area contributed by atoms with E-state index in [4.69, 9.17) is 10.5 Å². The Morgan fingerprint density at radius 1 is 0.667 bits per heavy atom. The molecule has 0 radical (unpaired) electrons. The van der Waals surface area contributed by atoms with E-state index in [1.165, 1.54) is 31.6 Å². The third-order valence-electron chi connectivity index (χ3n) is 7.22. The van der Waals surface area contributed by atoms with Crippen molar-refractivity contribution in [1.82, 2.24) is 39.0 Å². The molecule has 12 nitrogen and oxygen atoms in total. The summed E-state index contributed by atoms with van der Waals surface area (Å²) in [5.41, 5.74) is 11.5. The Bertz CT molecular complexity index is 2380. The summed E-state index contributed by atoms with van der Waals surface area (Å²) in [6.45, 7) is 7.30. The molecule has 0 atom stereocenters. The maximum absolute atomic E-state index is 13.2. The number of carbonyl (C=O) groups excluding carboxylic acids is 2. The zero-order valence-corrected chi connectivity index (χ0v) is 28.1. The van der Waals surface area contributed by atoms with E-state index in [9.17, 15) is 18.4 Å². The highest BCUT2D eigenvalue weighted by Crippen LogP contribution is 2.19.